The fraction of sp³-hybridized carbons (Fsp3) is 0.207. The summed E-state index contributed by atoms with van der Waals surface area (Å²) in [7, 11) is 1.55. The Morgan fingerprint density at radius 3 is 2.55 bits per heavy atom. The zero-order valence-corrected chi connectivity index (χ0v) is 21.1. The van der Waals surface area contributed by atoms with E-state index in [1.807, 2.05) is 30.5 Å². The number of fused-ring (bicyclic) bond motifs is 5. The number of methoxy groups -OCH3 is 1. The summed E-state index contributed by atoms with van der Waals surface area (Å²) in [6, 6.07) is 19.5. The molecule has 1 aromatic heterocycles. The lowest BCUT2D eigenvalue weighted by Gasteiger charge is -2.29. The number of hydrogen-bond acceptors (Lipinski definition) is 5. The number of imide groups is 1. The number of para-hydroxylation sites is 2. The number of amides is 3. The molecule has 7 rings (SSSR count). The number of hydrogen-bond donors (Lipinski definition) is 3. The summed E-state index contributed by atoms with van der Waals surface area (Å²) in [5.74, 6) is -2.21. The van der Waals surface area contributed by atoms with Gasteiger partial charge in [0.1, 0.15) is 11.3 Å². The van der Waals surface area contributed by atoms with E-state index in [0.29, 0.717) is 34.1 Å². The third-order valence-electron chi connectivity index (χ3n) is 8.14. The maximum atomic E-state index is 14.1. The summed E-state index contributed by atoms with van der Waals surface area (Å²) < 4.78 is 5.24. The Hall–Kier alpha value is -4.14. The lowest BCUT2D eigenvalue weighted by molar-refractivity contribution is -0.130. The van der Waals surface area contributed by atoms with Gasteiger partial charge in [-0.1, -0.05) is 41.9 Å². The largest absolute Gasteiger partial charge is 0.497 e. The number of anilines is 2. The average molecular weight is 527 g/mol. The van der Waals surface area contributed by atoms with E-state index in [9.17, 15) is 14.4 Å². The van der Waals surface area contributed by atoms with Crippen LogP contribution in [0.1, 0.15) is 11.1 Å². The number of halogens is 1. The number of ether oxygens (including phenoxy) is 1. The van der Waals surface area contributed by atoms with Gasteiger partial charge in [-0.05, 0) is 48.4 Å². The number of carbonyl (C=O) groups excluding carboxylic acids is 3. The van der Waals surface area contributed by atoms with E-state index in [0.717, 1.165) is 16.5 Å². The molecular weight excluding hydrogens is 504 g/mol. The van der Waals surface area contributed by atoms with Crippen molar-refractivity contribution in [2.45, 2.75) is 18.0 Å². The van der Waals surface area contributed by atoms with Gasteiger partial charge in [-0.2, -0.15) is 0 Å². The number of benzene rings is 3. The minimum absolute atomic E-state index is 0.331. The van der Waals surface area contributed by atoms with Crippen LogP contribution in [0.2, 0.25) is 5.02 Å². The first-order chi connectivity index (χ1) is 18.4. The van der Waals surface area contributed by atoms with Gasteiger partial charge in [-0.25, -0.2) is 4.90 Å². The highest BCUT2D eigenvalue weighted by Crippen LogP contribution is 2.55. The number of nitrogens with zero attached hydrogens (tertiary/aromatic N) is 1. The first kappa shape index (κ1) is 23.0. The Morgan fingerprint density at radius 2 is 1.76 bits per heavy atom. The number of aromatic nitrogens is 1. The first-order valence-corrected chi connectivity index (χ1v) is 12.8. The molecular formula is C29H23ClN4O4. The number of nitrogens with one attached hydrogen (secondary N) is 3. The predicted octanol–water partition coefficient (Wildman–Crippen LogP) is 4.00. The van der Waals surface area contributed by atoms with Crippen molar-refractivity contribution in [1.82, 2.24) is 10.3 Å². The van der Waals surface area contributed by atoms with Gasteiger partial charge in [-0.3, -0.25) is 19.7 Å². The maximum absolute atomic E-state index is 14.1. The van der Waals surface area contributed by atoms with Crippen LogP contribution in [0.15, 0.2) is 72.9 Å². The zero-order valence-electron chi connectivity index (χ0n) is 20.3. The molecule has 2 saturated heterocycles. The van der Waals surface area contributed by atoms with Crippen LogP contribution < -0.4 is 20.3 Å². The highest BCUT2D eigenvalue weighted by atomic mass is 35.5. The third kappa shape index (κ3) is 2.98. The minimum atomic E-state index is -1.42. The van der Waals surface area contributed by atoms with E-state index in [4.69, 9.17) is 16.3 Å². The molecule has 0 radical (unpaired) electrons. The Bertz CT molecular complexity index is 1650. The van der Waals surface area contributed by atoms with Crippen molar-refractivity contribution in [2.24, 2.45) is 11.8 Å². The van der Waals surface area contributed by atoms with E-state index < -0.39 is 29.3 Å². The maximum Gasteiger partial charge on any atom is 0.250 e. The van der Waals surface area contributed by atoms with Gasteiger partial charge in [0.15, 0.2) is 0 Å². The van der Waals surface area contributed by atoms with Crippen LogP contribution in [0.3, 0.4) is 0 Å². The summed E-state index contributed by atoms with van der Waals surface area (Å²) in [5, 5.41) is 7.79. The topological polar surface area (TPSA) is 104 Å². The molecule has 3 amide bonds. The SMILES string of the molecule is COc1ccc(N2C(=O)[C@@H]3[C@H](Cc4c[nH]c5ccccc45)N[C@]4(C(=O)Nc5c(Cl)cccc54)[C@@H]3C2=O)cc1. The average Bonchev–Trinajstić information content (AvgIpc) is 3.64. The molecule has 4 atom stereocenters. The summed E-state index contributed by atoms with van der Waals surface area (Å²) in [4.78, 5) is 46.4. The Morgan fingerprint density at radius 1 is 0.974 bits per heavy atom. The van der Waals surface area contributed by atoms with Gasteiger partial charge in [0.05, 0.1) is 35.3 Å². The first-order valence-electron chi connectivity index (χ1n) is 12.4. The molecule has 9 heteroatoms. The van der Waals surface area contributed by atoms with Crippen molar-refractivity contribution in [1.29, 1.82) is 0 Å². The molecule has 0 saturated carbocycles. The van der Waals surface area contributed by atoms with E-state index in [2.05, 4.69) is 15.6 Å². The molecule has 8 nitrogen and oxygen atoms in total. The van der Waals surface area contributed by atoms with Crippen LogP contribution in [0.25, 0.3) is 10.9 Å². The van der Waals surface area contributed by atoms with Crippen molar-refractivity contribution in [3.63, 3.8) is 0 Å². The Kier molecular flexibility index (Phi) is 4.95. The molecule has 3 aliphatic rings. The van der Waals surface area contributed by atoms with Crippen LogP contribution >= 0.6 is 11.6 Å². The molecule has 3 N–H and O–H groups in total. The van der Waals surface area contributed by atoms with E-state index in [1.54, 1.807) is 49.6 Å². The minimum Gasteiger partial charge on any atom is -0.497 e. The lowest BCUT2D eigenvalue weighted by atomic mass is 9.76. The Labute approximate surface area is 222 Å². The van der Waals surface area contributed by atoms with Gasteiger partial charge < -0.3 is 15.0 Å². The summed E-state index contributed by atoms with van der Waals surface area (Å²) in [6.45, 7) is 0. The molecule has 2 fully saturated rings. The third-order valence-corrected chi connectivity index (χ3v) is 8.46. The summed E-state index contributed by atoms with van der Waals surface area (Å²) >= 11 is 6.45. The van der Waals surface area contributed by atoms with Crippen molar-refractivity contribution in [3.8, 4) is 5.75 Å². The highest BCUT2D eigenvalue weighted by Gasteiger charge is 2.70. The van der Waals surface area contributed by atoms with Crippen LogP contribution in [0, 0.1) is 11.8 Å². The zero-order chi connectivity index (χ0) is 26.2. The van der Waals surface area contributed by atoms with Gasteiger partial charge in [0, 0.05) is 28.7 Å². The fourth-order valence-electron chi connectivity index (χ4n) is 6.49. The van der Waals surface area contributed by atoms with Crippen LogP contribution in [-0.4, -0.2) is 35.9 Å². The number of aromatic amines is 1. The monoisotopic (exact) mass is 526 g/mol. The van der Waals surface area contributed by atoms with Crippen LogP contribution in [0.5, 0.6) is 5.75 Å². The normalized spacial score (nSPS) is 25.8. The van der Waals surface area contributed by atoms with E-state index in [-0.39, 0.29) is 11.8 Å². The second-order valence-corrected chi connectivity index (χ2v) is 10.4. The van der Waals surface area contributed by atoms with Crippen molar-refractivity contribution >= 4 is 51.6 Å². The van der Waals surface area contributed by atoms with Crippen LogP contribution in [-0.2, 0) is 26.3 Å². The quantitative estimate of drug-likeness (QED) is 0.349. The van der Waals surface area contributed by atoms with Crippen molar-refractivity contribution in [2.75, 3.05) is 17.3 Å². The molecule has 0 unspecified atom stereocenters. The molecule has 4 heterocycles. The number of carbonyl (C=O) groups is 3. The Balaban J connectivity index is 1.37. The fourth-order valence-corrected chi connectivity index (χ4v) is 6.71. The standard InChI is InChI=1S/C29H23ClN4O4/c1-38-17-11-9-16(10-12-17)34-26(35)23-22(13-15-14-31-21-8-3-2-5-18(15)21)33-29(24(23)27(34)36)19-6-4-7-20(30)25(19)32-28(29)37/h2-12,14,22-24,31,33H,13H2,1H3,(H,32,37)/t22-,23+,24-,29-/m0/s1. The van der Waals surface area contributed by atoms with Gasteiger partial charge >= 0.3 is 0 Å². The highest BCUT2D eigenvalue weighted by molar-refractivity contribution is 6.35. The smallest absolute Gasteiger partial charge is 0.250 e. The molecule has 1 spiro atoms. The second-order valence-electron chi connectivity index (χ2n) is 9.95. The lowest BCUT2D eigenvalue weighted by Crippen LogP contribution is -2.53. The molecule has 3 aliphatic heterocycles. The molecule has 4 aromatic rings. The van der Waals surface area contributed by atoms with Gasteiger partial charge in [0.25, 0.3) is 0 Å². The molecule has 3 aromatic carbocycles. The molecule has 190 valence electrons. The molecule has 0 aliphatic carbocycles. The van der Waals surface area contributed by atoms with Crippen LogP contribution in [0.4, 0.5) is 11.4 Å². The van der Waals surface area contributed by atoms with E-state index >= 15 is 0 Å². The van der Waals surface area contributed by atoms with Crippen molar-refractivity contribution < 1.29 is 19.1 Å². The van der Waals surface area contributed by atoms with Gasteiger partial charge in [-0.15, -0.1) is 0 Å². The van der Waals surface area contributed by atoms with E-state index in [1.165, 1.54) is 4.90 Å². The van der Waals surface area contributed by atoms with Gasteiger partial charge in [0.2, 0.25) is 17.7 Å². The second kappa shape index (κ2) is 8.18. The predicted molar refractivity (Wildman–Crippen MR) is 143 cm³/mol. The molecule has 38 heavy (non-hydrogen) atoms. The number of H-pyrrole nitrogens is 1. The summed E-state index contributed by atoms with van der Waals surface area (Å²) in [5.41, 5.74) is 2.07. The molecule has 0 bridgehead atoms. The number of rotatable bonds is 4. The summed E-state index contributed by atoms with van der Waals surface area (Å²) in [6.07, 6.45) is 2.37. The van der Waals surface area contributed by atoms with Crippen molar-refractivity contribution in [3.05, 3.63) is 89.1 Å².